The van der Waals surface area contributed by atoms with Crippen molar-refractivity contribution in [1.29, 1.82) is 0 Å². The predicted molar refractivity (Wildman–Crippen MR) is 69.5 cm³/mol. The van der Waals surface area contributed by atoms with Crippen LogP contribution in [0.3, 0.4) is 0 Å². The Labute approximate surface area is 98.3 Å². The van der Waals surface area contributed by atoms with E-state index >= 15 is 0 Å². The molecular weight excluding hydrogens is 198 g/mol. The van der Waals surface area contributed by atoms with Crippen LogP contribution in [0.2, 0.25) is 0 Å². The average Bonchev–Trinajstić information content (AvgIpc) is 2.30. The highest BCUT2D eigenvalue weighted by atomic mass is 16.5. The lowest BCUT2D eigenvalue weighted by Crippen LogP contribution is -2.17. The van der Waals surface area contributed by atoms with E-state index in [-0.39, 0.29) is 6.10 Å². The third kappa shape index (κ3) is 4.49. The molecule has 16 heavy (non-hydrogen) atoms. The topological polar surface area (TPSA) is 21.3 Å². The van der Waals surface area contributed by atoms with Gasteiger partial charge in [0.2, 0.25) is 0 Å². The van der Waals surface area contributed by atoms with Crippen LogP contribution in [-0.2, 0) is 4.74 Å². The molecule has 0 saturated carbocycles. The molecule has 0 saturated heterocycles. The van der Waals surface area contributed by atoms with E-state index in [4.69, 9.17) is 4.74 Å². The molecule has 1 aromatic rings. The van der Waals surface area contributed by atoms with Crippen molar-refractivity contribution in [1.82, 2.24) is 0 Å². The molecule has 1 aromatic carbocycles. The maximum Gasteiger partial charge on any atom is 0.0938 e. The predicted octanol–water partition coefficient (Wildman–Crippen LogP) is 3.82. The molecule has 0 bridgehead atoms. The zero-order valence-corrected chi connectivity index (χ0v) is 10.2. The highest BCUT2D eigenvalue weighted by molar-refractivity contribution is 5.47. The van der Waals surface area contributed by atoms with Gasteiger partial charge in [-0.15, -0.1) is 0 Å². The summed E-state index contributed by atoms with van der Waals surface area (Å²) in [6.45, 7) is 8.97. The molecule has 0 aliphatic rings. The summed E-state index contributed by atoms with van der Waals surface area (Å²) in [6.07, 6.45) is 2.31. The summed E-state index contributed by atoms with van der Waals surface area (Å²) in [5.74, 6) is 0. The number of rotatable bonds is 7. The van der Waals surface area contributed by atoms with Gasteiger partial charge in [-0.25, -0.2) is 0 Å². The molecular formula is C14H21NO. The van der Waals surface area contributed by atoms with Gasteiger partial charge < -0.3 is 10.1 Å². The molecule has 2 heteroatoms. The Morgan fingerprint density at radius 1 is 1.38 bits per heavy atom. The van der Waals surface area contributed by atoms with Gasteiger partial charge in [-0.3, -0.25) is 0 Å². The summed E-state index contributed by atoms with van der Waals surface area (Å²) in [7, 11) is 0. The van der Waals surface area contributed by atoms with Crippen molar-refractivity contribution in [3.8, 4) is 0 Å². The largest absolute Gasteiger partial charge is 0.372 e. The number of nitrogens with one attached hydrogen (secondary N) is 1. The number of unbranched alkanes of at least 4 members (excludes halogenated alkanes) is 1. The van der Waals surface area contributed by atoms with Gasteiger partial charge in [-0.1, -0.05) is 38.1 Å². The number of hydrogen-bond donors (Lipinski definition) is 1. The van der Waals surface area contributed by atoms with Crippen LogP contribution in [0.25, 0.3) is 0 Å². The molecule has 0 amide bonds. The van der Waals surface area contributed by atoms with Crippen molar-refractivity contribution >= 4 is 5.69 Å². The molecule has 0 fully saturated rings. The number of anilines is 1. The Morgan fingerprint density at radius 3 is 2.69 bits per heavy atom. The van der Waals surface area contributed by atoms with E-state index < -0.39 is 0 Å². The average molecular weight is 219 g/mol. The Morgan fingerprint density at radius 2 is 2.06 bits per heavy atom. The van der Waals surface area contributed by atoms with Crippen molar-refractivity contribution < 1.29 is 4.74 Å². The van der Waals surface area contributed by atoms with Gasteiger partial charge in [-0.2, -0.15) is 0 Å². The van der Waals surface area contributed by atoms with Crippen LogP contribution in [-0.4, -0.2) is 12.7 Å². The minimum Gasteiger partial charge on any atom is -0.372 e. The van der Waals surface area contributed by atoms with E-state index in [1.807, 2.05) is 37.3 Å². The Balaban J connectivity index is 2.34. The second kappa shape index (κ2) is 7.07. The van der Waals surface area contributed by atoms with Gasteiger partial charge in [0.1, 0.15) is 0 Å². The maximum atomic E-state index is 5.65. The first-order valence-corrected chi connectivity index (χ1v) is 5.86. The number of benzene rings is 1. The minimum absolute atomic E-state index is 0.0479. The van der Waals surface area contributed by atoms with Crippen LogP contribution in [0.4, 0.5) is 5.69 Å². The third-order valence-electron chi connectivity index (χ3n) is 2.44. The van der Waals surface area contributed by atoms with Gasteiger partial charge in [-0.05, 0) is 25.5 Å². The van der Waals surface area contributed by atoms with Gasteiger partial charge >= 0.3 is 0 Å². The standard InChI is InChI=1S/C14H21NO/c1-4-5-11-16-13(3)12(2)15-14-9-7-6-8-10-14/h6-10,13,15H,2,4-5,11H2,1,3H3. The Kier molecular flexibility index (Phi) is 5.65. The van der Waals surface area contributed by atoms with Crippen molar-refractivity contribution in [3.63, 3.8) is 0 Å². The van der Waals surface area contributed by atoms with Crippen LogP contribution >= 0.6 is 0 Å². The van der Waals surface area contributed by atoms with Gasteiger partial charge in [0.15, 0.2) is 0 Å². The zero-order chi connectivity index (χ0) is 11.8. The van der Waals surface area contributed by atoms with Crippen molar-refractivity contribution in [3.05, 3.63) is 42.6 Å². The van der Waals surface area contributed by atoms with Gasteiger partial charge in [0.25, 0.3) is 0 Å². The molecule has 1 rings (SSSR count). The van der Waals surface area contributed by atoms with E-state index in [1.54, 1.807) is 0 Å². The molecule has 88 valence electrons. The second-order valence-corrected chi connectivity index (χ2v) is 3.88. The summed E-state index contributed by atoms with van der Waals surface area (Å²) in [5, 5.41) is 3.25. The van der Waals surface area contributed by atoms with Crippen LogP contribution in [0.15, 0.2) is 42.6 Å². The molecule has 0 aliphatic heterocycles. The molecule has 1 unspecified atom stereocenters. The van der Waals surface area contributed by atoms with Crippen LogP contribution in [0.1, 0.15) is 26.7 Å². The fraction of sp³-hybridized carbons (Fsp3) is 0.429. The lowest BCUT2D eigenvalue weighted by atomic mass is 10.2. The maximum absolute atomic E-state index is 5.65. The highest BCUT2D eigenvalue weighted by Crippen LogP contribution is 2.12. The molecule has 0 spiro atoms. The molecule has 0 aromatic heterocycles. The normalized spacial score (nSPS) is 12.1. The van der Waals surface area contributed by atoms with Crippen molar-refractivity contribution in [2.24, 2.45) is 0 Å². The van der Waals surface area contributed by atoms with Crippen LogP contribution in [0, 0.1) is 0 Å². The summed E-state index contributed by atoms with van der Waals surface area (Å²) < 4.78 is 5.65. The number of hydrogen-bond acceptors (Lipinski definition) is 2. The SMILES string of the molecule is C=C(Nc1ccccc1)C(C)OCCCC. The molecule has 0 heterocycles. The summed E-state index contributed by atoms with van der Waals surface area (Å²) in [6, 6.07) is 10.0. The first-order valence-electron chi connectivity index (χ1n) is 5.86. The van der Waals surface area contributed by atoms with E-state index in [1.165, 1.54) is 0 Å². The molecule has 1 atom stereocenters. The molecule has 2 nitrogen and oxygen atoms in total. The monoisotopic (exact) mass is 219 g/mol. The quantitative estimate of drug-likeness (QED) is 0.704. The van der Waals surface area contributed by atoms with Crippen molar-refractivity contribution in [2.45, 2.75) is 32.8 Å². The number of ether oxygens (including phenoxy) is 1. The number of para-hydroxylation sites is 1. The van der Waals surface area contributed by atoms with E-state index in [0.29, 0.717) is 0 Å². The van der Waals surface area contributed by atoms with Crippen molar-refractivity contribution in [2.75, 3.05) is 11.9 Å². The van der Waals surface area contributed by atoms with E-state index in [9.17, 15) is 0 Å². The summed E-state index contributed by atoms with van der Waals surface area (Å²) in [5.41, 5.74) is 1.96. The van der Waals surface area contributed by atoms with Gasteiger partial charge in [0, 0.05) is 18.0 Å². The van der Waals surface area contributed by atoms with E-state index in [2.05, 4.69) is 18.8 Å². The third-order valence-corrected chi connectivity index (χ3v) is 2.44. The molecule has 0 radical (unpaired) electrons. The smallest absolute Gasteiger partial charge is 0.0938 e. The molecule has 1 N–H and O–H groups in total. The minimum atomic E-state index is 0.0479. The second-order valence-electron chi connectivity index (χ2n) is 3.88. The summed E-state index contributed by atoms with van der Waals surface area (Å²) >= 11 is 0. The van der Waals surface area contributed by atoms with E-state index in [0.717, 1.165) is 30.8 Å². The molecule has 0 aliphatic carbocycles. The Bertz CT molecular complexity index is 308. The van der Waals surface area contributed by atoms with Gasteiger partial charge in [0.05, 0.1) is 6.10 Å². The highest BCUT2D eigenvalue weighted by Gasteiger charge is 2.06. The zero-order valence-electron chi connectivity index (χ0n) is 10.2. The lowest BCUT2D eigenvalue weighted by Gasteiger charge is -2.17. The fourth-order valence-corrected chi connectivity index (χ4v) is 1.31. The lowest BCUT2D eigenvalue weighted by molar-refractivity contribution is 0.0885. The summed E-state index contributed by atoms with van der Waals surface area (Å²) in [4.78, 5) is 0. The first-order chi connectivity index (χ1) is 7.74. The fourth-order valence-electron chi connectivity index (χ4n) is 1.31. The van der Waals surface area contributed by atoms with Crippen LogP contribution < -0.4 is 5.32 Å². The van der Waals surface area contributed by atoms with Crippen LogP contribution in [0.5, 0.6) is 0 Å². The Hall–Kier alpha value is -1.28. The first kappa shape index (κ1) is 12.8.